The summed E-state index contributed by atoms with van der Waals surface area (Å²) in [6.45, 7) is 4.40. The van der Waals surface area contributed by atoms with E-state index >= 15 is 0 Å². The van der Waals surface area contributed by atoms with Crippen molar-refractivity contribution in [1.82, 2.24) is 14.5 Å². The second kappa shape index (κ2) is 9.52. The van der Waals surface area contributed by atoms with Crippen LogP contribution in [-0.4, -0.2) is 56.8 Å². The maximum atomic E-state index is 12.6. The minimum Gasteiger partial charge on any atom is -0.340 e. The molecule has 1 aliphatic rings. The second-order valence-electron chi connectivity index (χ2n) is 7.72. The van der Waals surface area contributed by atoms with E-state index in [0.717, 1.165) is 5.56 Å². The third-order valence-electron chi connectivity index (χ3n) is 5.29. The van der Waals surface area contributed by atoms with Crippen LogP contribution in [0.15, 0.2) is 59.5 Å². The molecule has 1 aliphatic heterocycles. The SMILES string of the molecule is Cc1ccc(CN(C)C(=O)CN2CCC(NS(=O)(=O)c3ccccc3)CC2)cc1. The normalized spacial score (nSPS) is 15.9. The van der Waals surface area contributed by atoms with Gasteiger partial charge in [0.25, 0.3) is 0 Å². The van der Waals surface area contributed by atoms with Crippen LogP contribution in [0.3, 0.4) is 0 Å². The molecular formula is C22H29N3O3S. The van der Waals surface area contributed by atoms with Crippen molar-refractivity contribution in [3.8, 4) is 0 Å². The van der Waals surface area contributed by atoms with Crippen LogP contribution in [0.25, 0.3) is 0 Å². The Labute approximate surface area is 173 Å². The molecule has 3 rings (SSSR count). The predicted molar refractivity (Wildman–Crippen MR) is 114 cm³/mol. The molecular weight excluding hydrogens is 386 g/mol. The van der Waals surface area contributed by atoms with Gasteiger partial charge in [-0.15, -0.1) is 0 Å². The number of hydrogen-bond donors (Lipinski definition) is 1. The first-order chi connectivity index (χ1) is 13.8. The molecule has 1 heterocycles. The van der Waals surface area contributed by atoms with Gasteiger partial charge in [-0.25, -0.2) is 13.1 Å². The van der Waals surface area contributed by atoms with Gasteiger partial charge in [-0.3, -0.25) is 9.69 Å². The van der Waals surface area contributed by atoms with E-state index in [1.165, 1.54) is 5.56 Å². The van der Waals surface area contributed by atoms with Gasteiger partial charge >= 0.3 is 0 Å². The summed E-state index contributed by atoms with van der Waals surface area (Å²) in [4.78, 5) is 16.7. The number of carbonyl (C=O) groups excluding carboxylic acids is 1. The molecule has 0 spiro atoms. The Morgan fingerprint density at radius 1 is 1.07 bits per heavy atom. The van der Waals surface area contributed by atoms with Gasteiger partial charge in [0, 0.05) is 32.7 Å². The fourth-order valence-corrected chi connectivity index (χ4v) is 4.79. The monoisotopic (exact) mass is 415 g/mol. The molecule has 1 amide bonds. The number of amides is 1. The van der Waals surface area contributed by atoms with E-state index in [0.29, 0.717) is 39.0 Å². The van der Waals surface area contributed by atoms with Crippen molar-refractivity contribution in [3.05, 3.63) is 65.7 Å². The molecule has 1 fully saturated rings. The lowest BCUT2D eigenvalue weighted by Gasteiger charge is -2.32. The van der Waals surface area contributed by atoms with E-state index in [4.69, 9.17) is 0 Å². The third kappa shape index (κ3) is 6.13. The number of hydrogen-bond acceptors (Lipinski definition) is 4. The molecule has 0 aromatic heterocycles. The number of likely N-dealkylation sites (N-methyl/N-ethyl adjacent to an activating group) is 1. The van der Waals surface area contributed by atoms with E-state index < -0.39 is 10.0 Å². The second-order valence-corrected chi connectivity index (χ2v) is 9.43. The van der Waals surface area contributed by atoms with E-state index in [1.54, 1.807) is 35.2 Å². The van der Waals surface area contributed by atoms with Crippen molar-refractivity contribution in [1.29, 1.82) is 0 Å². The Balaban J connectivity index is 1.45. The van der Waals surface area contributed by atoms with Crippen LogP contribution in [0.5, 0.6) is 0 Å². The number of likely N-dealkylation sites (tertiary alicyclic amines) is 1. The smallest absolute Gasteiger partial charge is 0.240 e. The Kier molecular flexibility index (Phi) is 7.05. The highest BCUT2D eigenvalue weighted by atomic mass is 32.2. The summed E-state index contributed by atoms with van der Waals surface area (Å²) in [5.41, 5.74) is 2.31. The van der Waals surface area contributed by atoms with Crippen LogP contribution < -0.4 is 4.72 Å². The van der Waals surface area contributed by atoms with Crippen molar-refractivity contribution in [2.75, 3.05) is 26.7 Å². The van der Waals surface area contributed by atoms with Gasteiger partial charge in [0.1, 0.15) is 0 Å². The molecule has 2 aromatic carbocycles. The van der Waals surface area contributed by atoms with Crippen molar-refractivity contribution in [2.45, 2.75) is 37.2 Å². The van der Waals surface area contributed by atoms with Crippen LogP contribution in [0.1, 0.15) is 24.0 Å². The summed E-state index contributed by atoms with van der Waals surface area (Å²) >= 11 is 0. The topological polar surface area (TPSA) is 69.7 Å². The summed E-state index contributed by atoms with van der Waals surface area (Å²) in [7, 11) is -1.67. The molecule has 0 bridgehead atoms. The zero-order valence-corrected chi connectivity index (χ0v) is 17.9. The lowest BCUT2D eigenvalue weighted by Crippen LogP contribution is -2.47. The first-order valence-electron chi connectivity index (χ1n) is 9.93. The molecule has 6 nitrogen and oxygen atoms in total. The summed E-state index contributed by atoms with van der Waals surface area (Å²) in [6.07, 6.45) is 1.39. The molecule has 0 saturated carbocycles. The maximum absolute atomic E-state index is 12.6. The fourth-order valence-electron chi connectivity index (χ4n) is 3.46. The van der Waals surface area contributed by atoms with E-state index in [9.17, 15) is 13.2 Å². The predicted octanol–water partition coefficient (Wildman–Crippen LogP) is 2.40. The quantitative estimate of drug-likeness (QED) is 0.754. The number of carbonyl (C=O) groups is 1. The molecule has 0 aliphatic carbocycles. The van der Waals surface area contributed by atoms with Gasteiger partial charge in [0.2, 0.25) is 15.9 Å². The zero-order chi connectivity index (χ0) is 20.9. The van der Waals surface area contributed by atoms with Gasteiger partial charge in [-0.2, -0.15) is 0 Å². The standard InChI is InChI=1S/C22H29N3O3S/c1-18-8-10-19(11-9-18)16-24(2)22(26)17-25-14-12-20(13-15-25)23-29(27,28)21-6-4-3-5-7-21/h3-11,20,23H,12-17H2,1-2H3. The molecule has 156 valence electrons. The van der Waals surface area contributed by atoms with E-state index in [2.05, 4.69) is 21.8 Å². The highest BCUT2D eigenvalue weighted by Crippen LogP contribution is 2.15. The summed E-state index contributed by atoms with van der Waals surface area (Å²) in [6, 6.07) is 16.5. The minimum atomic E-state index is -3.50. The number of nitrogens with one attached hydrogen (secondary N) is 1. The van der Waals surface area contributed by atoms with Crippen molar-refractivity contribution >= 4 is 15.9 Å². The van der Waals surface area contributed by atoms with Gasteiger partial charge in [0.05, 0.1) is 11.4 Å². The Hall–Kier alpha value is -2.22. The number of piperidine rings is 1. The molecule has 7 heteroatoms. The van der Waals surface area contributed by atoms with Crippen LogP contribution in [0.2, 0.25) is 0 Å². The Morgan fingerprint density at radius 3 is 2.31 bits per heavy atom. The molecule has 0 unspecified atom stereocenters. The van der Waals surface area contributed by atoms with Gasteiger partial charge in [-0.05, 0) is 37.5 Å². The summed E-state index contributed by atoms with van der Waals surface area (Å²) in [5, 5.41) is 0. The van der Waals surface area contributed by atoms with Crippen LogP contribution >= 0.6 is 0 Å². The van der Waals surface area contributed by atoms with Gasteiger partial charge < -0.3 is 4.90 Å². The van der Waals surface area contributed by atoms with Crippen molar-refractivity contribution in [3.63, 3.8) is 0 Å². The number of nitrogens with zero attached hydrogens (tertiary/aromatic N) is 2. The zero-order valence-electron chi connectivity index (χ0n) is 17.0. The van der Waals surface area contributed by atoms with Gasteiger partial charge in [0.15, 0.2) is 0 Å². The third-order valence-corrected chi connectivity index (χ3v) is 6.82. The lowest BCUT2D eigenvalue weighted by atomic mass is 10.1. The van der Waals surface area contributed by atoms with Crippen LogP contribution in [-0.2, 0) is 21.4 Å². The minimum absolute atomic E-state index is 0.0777. The highest BCUT2D eigenvalue weighted by molar-refractivity contribution is 7.89. The molecule has 0 radical (unpaired) electrons. The number of aryl methyl sites for hydroxylation is 1. The lowest BCUT2D eigenvalue weighted by molar-refractivity contribution is -0.131. The molecule has 2 aromatic rings. The van der Waals surface area contributed by atoms with Gasteiger partial charge in [-0.1, -0.05) is 48.0 Å². The van der Waals surface area contributed by atoms with E-state index in [1.807, 2.05) is 26.1 Å². The molecule has 0 atom stereocenters. The van der Waals surface area contributed by atoms with Crippen molar-refractivity contribution < 1.29 is 13.2 Å². The average molecular weight is 416 g/mol. The summed E-state index contributed by atoms with van der Waals surface area (Å²) < 4.78 is 27.7. The first kappa shape index (κ1) is 21.5. The number of benzene rings is 2. The average Bonchev–Trinajstić information content (AvgIpc) is 2.71. The van der Waals surface area contributed by atoms with Crippen molar-refractivity contribution in [2.24, 2.45) is 0 Å². The maximum Gasteiger partial charge on any atom is 0.240 e. The highest BCUT2D eigenvalue weighted by Gasteiger charge is 2.26. The Bertz CT molecular complexity index is 906. The number of rotatable bonds is 7. The summed E-state index contributed by atoms with van der Waals surface area (Å²) in [5.74, 6) is 0.0777. The van der Waals surface area contributed by atoms with Crippen LogP contribution in [0, 0.1) is 6.92 Å². The van der Waals surface area contributed by atoms with E-state index in [-0.39, 0.29) is 16.8 Å². The number of sulfonamides is 1. The Morgan fingerprint density at radius 2 is 1.69 bits per heavy atom. The van der Waals surface area contributed by atoms with Crippen LogP contribution in [0.4, 0.5) is 0 Å². The molecule has 29 heavy (non-hydrogen) atoms. The molecule has 1 N–H and O–H groups in total. The fraction of sp³-hybridized carbons (Fsp3) is 0.409. The largest absolute Gasteiger partial charge is 0.340 e. The molecule has 1 saturated heterocycles. The first-order valence-corrected chi connectivity index (χ1v) is 11.4.